The summed E-state index contributed by atoms with van der Waals surface area (Å²) in [6, 6.07) is 0. The lowest BCUT2D eigenvalue weighted by Gasteiger charge is -2.11. The second-order valence-electron chi connectivity index (χ2n) is 3.14. The number of hydrogen-bond donors (Lipinski definition) is 0. The van der Waals surface area contributed by atoms with Crippen LogP contribution >= 0.6 is 0 Å². The van der Waals surface area contributed by atoms with Gasteiger partial charge in [0.1, 0.15) is 0 Å². The van der Waals surface area contributed by atoms with E-state index in [1.54, 1.807) is 11.8 Å². The summed E-state index contributed by atoms with van der Waals surface area (Å²) in [5.41, 5.74) is 0. The molecule has 0 bridgehead atoms. The molecule has 2 heterocycles. The summed E-state index contributed by atoms with van der Waals surface area (Å²) in [6.45, 7) is 3.30. The van der Waals surface area contributed by atoms with Gasteiger partial charge in [0.05, 0.1) is 0 Å². The number of hydrogen-bond acceptors (Lipinski definition) is 4. The highest BCUT2D eigenvalue weighted by molar-refractivity contribution is 5.90. The molecule has 1 aliphatic heterocycles. The van der Waals surface area contributed by atoms with E-state index in [0.717, 1.165) is 25.9 Å². The molecule has 0 saturated carbocycles. The molecule has 1 amide bonds. The van der Waals surface area contributed by atoms with Gasteiger partial charge in [-0.1, -0.05) is 5.16 Å². The van der Waals surface area contributed by atoms with Crippen LogP contribution in [0, 0.1) is 6.92 Å². The Hall–Kier alpha value is -1.39. The molecule has 0 atom stereocenters. The molecule has 1 aromatic heterocycles. The maximum absolute atomic E-state index is 11.6. The van der Waals surface area contributed by atoms with Gasteiger partial charge in [0, 0.05) is 20.0 Å². The van der Waals surface area contributed by atoms with Crippen molar-refractivity contribution in [1.29, 1.82) is 0 Å². The largest absolute Gasteiger partial charge is 0.339 e. The Kier molecular flexibility index (Phi) is 2.00. The van der Waals surface area contributed by atoms with Crippen molar-refractivity contribution < 1.29 is 9.32 Å². The topological polar surface area (TPSA) is 59.2 Å². The van der Waals surface area contributed by atoms with E-state index in [-0.39, 0.29) is 11.7 Å². The number of likely N-dealkylation sites (tertiary alicyclic amines) is 1. The molecule has 5 heteroatoms. The number of nitrogens with zero attached hydrogens (tertiary/aromatic N) is 3. The van der Waals surface area contributed by atoms with Crippen LogP contribution < -0.4 is 0 Å². The van der Waals surface area contributed by atoms with Gasteiger partial charge in [-0.05, 0) is 12.8 Å². The first-order valence-electron chi connectivity index (χ1n) is 4.37. The van der Waals surface area contributed by atoms with Crippen LogP contribution in [-0.2, 0) is 0 Å². The average molecular weight is 181 g/mol. The molecular formula is C8H11N3O2. The molecule has 5 nitrogen and oxygen atoms in total. The van der Waals surface area contributed by atoms with Crippen LogP contribution in [-0.4, -0.2) is 34.0 Å². The fraction of sp³-hybridized carbons (Fsp3) is 0.625. The van der Waals surface area contributed by atoms with Gasteiger partial charge in [-0.25, -0.2) is 0 Å². The normalized spacial score (nSPS) is 16.5. The zero-order valence-electron chi connectivity index (χ0n) is 7.49. The van der Waals surface area contributed by atoms with Crippen molar-refractivity contribution >= 4 is 5.91 Å². The van der Waals surface area contributed by atoms with E-state index in [9.17, 15) is 4.79 Å². The van der Waals surface area contributed by atoms with Crippen LogP contribution in [0.5, 0.6) is 0 Å². The second-order valence-corrected chi connectivity index (χ2v) is 3.14. The first-order chi connectivity index (χ1) is 6.27. The summed E-state index contributed by atoms with van der Waals surface area (Å²) < 4.78 is 4.74. The zero-order valence-corrected chi connectivity index (χ0v) is 7.49. The minimum atomic E-state index is -0.116. The van der Waals surface area contributed by atoms with E-state index < -0.39 is 0 Å². The highest BCUT2D eigenvalue weighted by atomic mass is 16.5. The third-order valence-corrected chi connectivity index (χ3v) is 2.11. The molecule has 0 radical (unpaired) electrons. The quantitative estimate of drug-likeness (QED) is 0.637. The van der Waals surface area contributed by atoms with Gasteiger partial charge in [-0.2, -0.15) is 4.98 Å². The molecule has 1 saturated heterocycles. The third-order valence-electron chi connectivity index (χ3n) is 2.11. The highest BCUT2D eigenvalue weighted by Crippen LogP contribution is 2.10. The first-order valence-corrected chi connectivity index (χ1v) is 4.37. The monoisotopic (exact) mass is 181 g/mol. The number of carbonyl (C=O) groups is 1. The lowest BCUT2D eigenvalue weighted by atomic mass is 10.4. The van der Waals surface area contributed by atoms with Crippen molar-refractivity contribution in [2.24, 2.45) is 0 Å². The van der Waals surface area contributed by atoms with Crippen molar-refractivity contribution in [3.63, 3.8) is 0 Å². The van der Waals surface area contributed by atoms with Crippen molar-refractivity contribution in [3.05, 3.63) is 11.7 Å². The number of aryl methyl sites for hydroxylation is 1. The van der Waals surface area contributed by atoms with Gasteiger partial charge in [0.25, 0.3) is 11.7 Å². The number of amides is 1. The molecular weight excluding hydrogens is 170 g/mol. The van der Waals surface area contributed by atoms with E-state index in [1.165, 1.54) is 0 Å². The first kappa shape index (κ1) is 8.22. The summed E-state index contributed by atoms with van der Waals surface area (Å²) in [5, 5.41) is 3.58. The lowest BCUT2D eigenvalue weighted by molar-refractivity contribution is 0.0777. The number of carbonyl (C=O) groups excluding carboxylic acids is 1. The maximum atomic E-state index is 11.6. The molecule has 0 N–H and O–H groups in total. The van der Waals surface area contributed by atoms with Crippen molar-refractivity contribution in [2.45, 2.75) is 19.8 Å². The molecule has 0 aliphatic carbocycles. The number of aromatic nitrogens is 2. The van der Waals surface area contributed by atoms with Crippen LogP contribution in [0.1, 0.15) is 29.4 Å². The summed E-state index contributed by atoms with van der Waals surface area (Å²) >= 11 is 0. The molecule has 0 unspecified atom stereocenters. The minimum Gasteiger partial charge on any atom is -0.339 e. The van der Waals surface area contributed by atoms with E-state index in [0.29, 0.717) is 5.89 Å². The van der Waals surface area contributed by atoms with Crippen LogP contribution in [0.2, 0.25) is 0 Å². The van der Waals surface area contributed by atoms with Crippen molar-refractivity contribution in [2.75, 3.05) is 13.1 Å². The molecule has 70 valence electrons. The average Bonchev–Trinajstić information content (AvgIpc) is 2.72. The van der Waals surface area contributed by atoms with Gasteiger partial charge in [0.2, 0.25) is 5.89 Å². The SMILES string of the molecule is Cc1nc(C(=O)N2CCCC2)no1. The Balaban J connectivity index is 2.12. The van der Waals surface area contributed by atoms with E-state index in [4.69, 9.17) is 4.52 Å². The fourth-order valence-electron chi connectivity index (χ4n) is 1.45. The Labute approximate surface area is 75.7 Å². The van der Waals surface area contributed by atoms with Gasteiger partial charge < -0.3 is 9.42 Å². The van der Waals surface area contributed by atoms with Gasteiger partial charge in [-0.15, -0.1) is 0 Å². The molecule has 13 heavy (non-hydrogen) atoms. The minimum absolute atomic E-state index is 0.116. The van der Waals surface area contributed by atoms with Crippen LogP contribution in [0.3, 0.4) is 0 Å². The molecule has 0 aromatic carbocycles. The Morgan fingerprint density at radius 3 is 2.69 bits per heavy atom. The Morgan fingerprint density at radius 1 is 1.46 bits per heavy atom. The van der Waals surface area contributed by atoms with Gasteiger partial charge in [0.15, 0.2) is 0 Å². The second kappa shape index (κ2) is 3.16. The predicted octanol–water partition coefficient (Wildman–Crippen LogP) is 0.614. The number of rotatable bonds is 1. The predicted molar refractivity (Wildman–Crippen MR) is 44.2 cm³/mol. The standard InChI is InChI=1S/C8H11N3O2/c1-6-9-7(10-13-6)8(12)11-4-2-3-5-11/h2-5H2,1H3. The van der Waals surface area contributed by atoms with Crippen molar-refractivity contribution in [1.82, 2.24) is 15.0 Å². The van der Waals surface area contributed by atoms with E-state index in [1.807, 2.05) is 0 Å². The highest BCUT2D eigenvalue weighted by Gasteiger charge is 2.23. The van der Waals surface area contributed by atoms with Crippen molar-refractivity contribution in [3.8, 4) is 0 Å². The summed E-state index contributed by atoms with van der Waals surface area (Å²) in [5.74, 6) is 0.497. The summed E-state index contributed by atoms with van der Waals surface area (Å²) in [4.78, 5) is 17.2. The molecule has 1 fully saturated rings. The zero-order chi connectivity index (χ0) is 9.26. The molecule has 1 aliphatic rings. The fourth-order valence-corrected chi connectivity index (χ4v) is 1.45. The molecule has 0 spiro atoms. The van der Waals surface area contributed by atoms with E-state index in [2.05, 4.69) is 10.1 Å². The Bertz CT molecular complexity index is 315. The van der Waals surface area contributed by atoms with Crippen LogP contribution in [0.15, 0.2) is 4.52 Å². The Morgan fingerprint density at radius 2 is 2.15 bits per heavy atom. The molecule has 2 rings (SSSR count). The maximum Gasteiger partial charge on any atom is 0.295 e. The van der Waals surface area contributed by atoms with Gasteiger partial charge in [-0.3, -0.25) is 4.79 Å². The van der Waals surface area contributed by atoms with Crippen LogP contribution in [0.25, 0.3) is 0 Å². The summed E-state index contributed by atoms with van der Waals surface area (Å²) in [6.07, 6.45) is 2.14. The molecule has 1 aromatic rings. The summed E-state index contributed by atoms with van der Waals surface area (Å²) in [7, 11) is 0. The lowest BCUT2D eigenvalue weighted by Crippen LogP contribution is -2.28. The van der Waals surface area contributed by atoms with Crippen LogP contribution in [0.4, 0.5) is 0 Å². The smallest absolute Gasteiger partial charge is 0.295 e. The third kappa shape index (κ3) is 1.54. The van der Waals surface area contributed by atoms with E-state index >= 15 is 0 Å². The van der Waals surface area contributed by atoms with Gasteiger partial charge >= 0.3 is 0 Å².